The Morgan fingerprint density at radius 2 is 1.92 bits per heavy atom. The van der Waals surface area contributed by atoms with Crippen LogP contribution in [0.1, 0.15) is 18.1 Å². The minimum Gasteiger partial charge on any atom is -0.351 e. The lowest BCUT2D eigenvalue weighted by atomic mass is 10.1. The lowest BCUT2D eigenvalue weighted by molar-refractivity contribution is -0.138. The van der Waals surface area contributed by atoms with Crippen molar-refractivity contribution in [1.29, 1.82) is 0 Å². The molecule has 0 amide bonds. The van der Waals surface area contributed by atoms with E-state index in [2.05, 4.69) is 9.97 Å². The van der Waals surface area contributed by atoms with Crippen LogP contribution < -0.4 is 4.90 Å². The number of pyridine rings is 2. The molecule has 140 valence electrons. The molecule has 3 rings (SSSR count). The number of hydrogen-bond donors (Lipinski definition) is 0. The van der Waals surface area contributed by atoms with Crippen LogP contribution in [-0.4, -0.2) is 40.5 Å². The fraction of sp³-hybridized carbons (Fsp3) is 0.412. The number of rotatable bonds is 3. The van der Waals surface area contributed by atoms with Gasteiger partial charge in [0.1, 0.15) is 5.82 Å². The van der Waals surface area contributed by atoms with Crippen molar-refractivity contribution in [2.75, 3.05) is 24.5 Å². The Kier molecular flexibility index (Phi) is 5.08. The first kappa shape index (κ1) is 18.5. The van der Waals surface area contributed by atoms with E-state index in [0.717, 1.165) is 6.20 Å². The Morgan fingerprint density at radius 1 is 1.15 bits per heavy atom. The molecule has 2 aromatic rings. The van der Waals surface area contributed by atoms with Crippen LogP contribution in [0.4, 0.5) is 27.8 Å². The molecule has 1 atom stereocenters. The molecule has 0 aromatic carbocycles. The molecule has 2 aromatic heterocycles. The maximum atomic E-state index is 14.1. The molecule has 0 aliphatic carbocycles. The van der Waals surface area contributed by atoms with Crippen molar-refractivity contribution < 1.29 is 22.0 Å². The van der Waals surface area contributed by atoms with Crippen LogP contribution in [0, 0.1) is 11.6 Å². The zero-order valence-corrected chi connectivity index (χ0v) is 14.0. The standard InChI is InChI=1S/C17H17F5N4/c1-11-9-26(16-14(18)6-13(7-24-16)17(20,21)22)5-4-25(11)10-12-2-3-23-8-15(12)19/h2-3,6-8,11H,4-5,9-10H2,1H3. The van der Waals surface area contributed by atoms with Gasteiger partial charge >= 0.3 is 6.18 Å². The summed E-state index contributed by atoms with van der Waals surface area (Å²) in [7, 11) is 0. The van der Waals surface area contributed by atoms with E-state index in [9.17, 15) is 22.0 Å². The normalized spacial score (nSPS) is 19.0. The van der Waals surface area contributed by atoms with Crippen LogP contribution in [0.5, 0.6) is 0 Å². The maximum absolute atomic E-state index is 14.1. The third-order valence-corrected chi connectivity index (χ3v) is 4.44. The Balaban J connectivity index is 1.70. The highest BCUT2D eigenvalue weighted by Crippen LogP contribution is 2.31. The summed E-state index contributed by atoms with van der Waals surface area (Å²) >= 11 is 0. The van der Waals surface area contributed by atoms with Crippen molar-refractivity contribution >= 4 is 5.82 Å². The highest BCUT2D eigenvalue weighted by molar-refractivity contribution is 5.42. The molecule has 3 heterocycles. The fourth-order valence-corrected chi connectivity index (χ4v) is 2.99. The predicted octanol–water partition coefficient (Wildman–Crippen LogP) is 3.48. The van der Waals surface area contributed by atoms with Gasteiger partial charge < -0.3 is 4.90 Å². The van der Waals surface area contributed by atoms with Crippen LogP contribution >= 0.6 is 0 Å². The molecular weight excluding hydrogens is 355 g/mol. The van der Waals surface area contributed by atoms with Crippen LogP contribution in [0.15, 0.2) is 30.7 Å². The highest BCUT2D eigenvalue weighted by Gasteiger charge is 2.33. The first-order chi connectivity index (χ1) is 12.3. The summed E-state index contributed by atoms with van der Waals surface area (Å²) < 4.78 is 65.8. The van der Waals surface area contributed by atoms with E-state index in [1.807, 2.05) is 11.8 Å². The molecule has 0 spiro atoms. The average Bonchev–Trinajstić information content (AvgIpc) is 2.57. The SMILES string of the molecule is CC1CN(c2ncc(C(F)(F)F)cc2F)CCN1Cc1ccncc1F. The molecule has 0 N–H and O–H groups in total. The van der Waals surface area contributed by atoms with Gasteiger partial charge in [-0.1, -0.05) is 0 Å². The monoisotopic (exact) mass is 372 g/mol. The van der Waals surface area contributed by atoms with Gasteiger partial charge in [0.2, 0.25) is 0 Å². The Labute approximate surface area is 147 Å². The number of halogens is 5. The number of aromatic nitrogens is 2. The van der Waals surface area contributed by atoms with Crippen LogP contribution in [-0.2, 0) is 12.7 Å². The molecule has 4 nitrogen and oxygen atoms in total. The van der Waals surface area contributed by atoms with E-state index >= 15 is 0 Å². The second kappa shape index (κ2) is 7.14. The molecule has 0 bridgehead atoms. The number of hydrogen-bond acceptors (Lipinski definition) is 4. The molecular formula is C17H17F5N4. The second-order valence-corrected chi connectivity index (χ2v) is 6.26. The van der Waals surface area contributed by atoms with E-state index in [1.165, 1.54) is 6.20 Å². The fourth-order valence-electron chi connectivity index (χ4n) is 2.99. The lowest BCUT2D eigenvalue weighted by Gasteiger charge is -2.40. The van der Waals surface area contributed by atoms with Crippen LogP contribution in [0.2, 0.25) is 0 Å². The Morgan fingerprint density at radius 3 is 2.54 bits per heavy atom. The van der Waals surface area contributed by atoms with Crippen LogP contribution in [0.25, 0.3) is 0 Å². The third-order valence-electron chi connectivity index (χ3n) is 4.44. The minimum absolute atomic E-state index is 0.0557. The largest absolute Gasteiger partial charge is 0.417 e. The van der Waals surface area contributed by atoms with Crippen molar-refractivity contribution in [3.05, 3.63) is 53.5 Å². The molecule has 1 aliphatic rings. The molecule has 1 saturated heterocycles. The molecule has 1 unspecified atom stereocenters. The van der Waals surface area contributed by atoms with E-state index in [1.54, 1.807) is 11.0 Å². The van der Waals surface area contributed by atoms with Gasteiger partial charge in [-0.05, 0) is 19.1 Å². The molecule has 1 aliphatic heterocycles. The maximum Gasteiger partial charge on any atom is 0.417 e. The lowest BCUT2D eigenvalue weighted by Crippen LogP contribution is -2.52. The van der Waals surface area contributed by atoms with Crippen molar-refractivity contribution in [3.8, 4) is 0 Å². The zero-order valence-electron chi connectivity index (χ0n) is 14.0. The second-order valence-electron chi connectivity index (χ2n) is 6.26. The number of nitrogens with zero attached hydrogens (tertiary/aromatic N) is 4. The van der Waals surface area contributed by atoms with Crippen molar-refractivity contribution in [1.82, 2.24) is 14.9 Å². The van der Waals surface area contributed by atoms with Crippen molar-refractivity contribution in [2.24, 2.45) is 0 Å². The van der Waals surface area contributed by atoms with E-state index in [-0.39, 0.29) is 11.9 Å². The van der Waals surface area contributed by atoms with Gasteiger partial charge in [0, 0.05) is 50.2 Å². The van der Waals surface area contributed by atoms with Gasteiger partial charge in [0.15, 0.2) is 11.6 Å². The van der Waals surface area contributed by atoms with Crippen LogP contribution in [0.3, 0.4) is 0 Å². The van der Waals surface area contributed by atoms with E-state index in [0.29, 0.717) is 44.0 Å². The van der Waals surface area contributed by atoms with Gasteiger partial charge in [-0.15, -0.1) is 0 Å². The molecule has 26 heavy (non-hydrogen) atoms. The minimum atomic E-state index is -4.63. The van der Waals surface area contributed by atoms with Gasteiger partial charge in [-0.2, -0.15) is 13.2 Å². The summed E-state index contributed by atoms with van der Waals surface area (Å²) in [5.74, 6) is -1.49. The number of anilines is 1. The Hall–Kier alpha value is -2.29. The highest BCUT2D eigenvalue weighted by atomic mass is 19.4. The predicted molar refractivity (Wildman–Crippen MR) is 85.5 cm³/mol. The number of alkyl halides is 3. The molecule has 1 fully saturated rings. The van der Waals surface area contributed by atoms with Crippen molar-refractivity contribution in [2.45, 2.75) is 25.7 Å². The number of piperazine rings is 1. The van der Waals surface area contributed by atoms with Gasteiger partial charge in [-0.3, -0.25) is 9.88 Å². The van der Waals surface area contributed by atoms with Gasteiger partial charge in [-0.25, -0.2) is 13.8 Å². The van der Waals surface area contributed by atoms with Gasteiger partial charge in [0.05, 0.1) is 11.8 Å². The summed E-state index contributed by atoms with van der Waals surface area (Å²) in [6.07, 6.45) is -1.33. The molecule has 9 heteroatoms. The first-order valence-electron chi connectivity index (χ1n) is 8.06. The molecule has 0 saturated carbocycles. The molecule has 0 radical (unpaired) electrons. The van der Waals surface area contributed by atoms with E-state index < -0.39 is 23.4 Å². The zero-order chi connectivity index (χ0) is 18.9. The third kappa shape index (κ3) is 3.92. The van der Waals surface area contributed by atoms with Crippen molar-refractivity contribution in [3.63, 3.8) is 0 Å². The summed E-state index contributed by atoms with van der Waals surface area (Å²) in [6.45, 7) is 3.54. The average molecular weight is 372 g/mol. The summed E-state index contributed by atoms with van der Waals surface area (Å²) in [6, 6.07) is 2.01. The summed E-state index contributed by atoms with van der Waals surface area (Å²) in [5, 5.41) is 0. The Bertz CT molecular complexity index is 780. The van der Waals surface area contributed by atoms with E-state index in [4.69, 9.17) is 0 Å². The summed E-state index contributed by atoms with van der Waals surface area (Å²) in [5.41, 5.74) is -0.599. The smallest absolute Gasteiger partial charge is 0.351 e. The summed E-state index contributed by atoms with van der Waals surface area (Å²) in [4.78, 5) is 11.0. The quantitative estimate of drug-likeness (QED) is 0.773. The first-order valence-corrected chi connectivity index (χ1v) is 8.06. The topological polar surface area (TPSA) is 32.3 Å². The van der Waals surface area contributed by atoms with Gasteiger partial charge in [0.25, 0.3) is 0 Å².